The second kappa shape index (κ2) is 15.1. The number of anilines is 1. The van der Waals surface area contributed by atoms with Crippen molar-refractivity contribution in [2.75, 3.05) is 11.9 Å². The van der Waals surface area contributed by atoms with Crippen LogP contribution in [0.2, 0.25) is 0 Å². The smallest absolute Gasteiger partial charge is 0.270 e. The minimum absolute atomic E-state index is 0.0224. The summed E-state index contributed by atoms with van der Waals surface area (Å²) in [6.07, 6.45) is -1.37. The average Bonchev–Trinajstić information content (AvgIpc) is 3.02. The van der Waals surface area contributed by atoms with Gasteiger partial charge in [0, 0.05) is 23.2 Å². The predicted molar refractivity (Wildman–Crippen MR) is 177 cm³/mol. The van der Waals surface area contributed by atoms with Gasteiger partial charge in [0.25, 0.3) is 11.8 Å². The molecule has 0 fully saturated rings. The molecule has 0 aliphatic heterocycles. The molecule has 1 heterocycles. The number of nitrogens with two attached hydrogens (primary N) is 1. The van der Waals surface area contributed by atoms with Gasteiger partial charge in [0.1, 0.15) is 11.7 Å². The molecule has 0 aliphatic rings. The Labute approximate surface area is 268 Å². The molecule has 1 unspecified atom stereocenters. The van der Waals surface area contributed by atoms with Gasteiger partial charge in [-0.2, -0.15) is 0 Å². The van der Waals surface area contributed by atoms with E-state index in [4.69, 9.17) is 5.73 Å². The number of nitrogens with one attached hydrogen (secondary N) is 4. The number of rotatable bonds is 13. The molecule has 0 saturated heterocycles. The fourth-order valence-corrected chi connectivity index (χ4v) is 4.87. The van der Waals surface area contributed by atoms with Gasteiger partial charge in [0.2, 0.25) is 11.8 Å². The van der Waals surface area contributed by atoms with Gasteiger partial charge >= 0.3 is 0 Å². The zero-order chi connectivity index (χ0) is 33.3. The number of primary amides is 1. The van der Waals surface area contributed by atoms with Gasteiger partial charge in [-0.3, -0.25) is 19.2 Å². The zero-order valence-corrected chi connectivity index (χ0v) is 26.1. The third-order valence-electron chi connectivity index (χ3n) is 7.11. The molecule has 4 amide bonds. The van der Waals surface area contributed by atoms with Crippen LogP contribution in [0, 0.1) is 0 Å². The van der Waals surface area contributed by atoms with Crippen molar-refractivity contribution in [2.24, 2.45) is 5.73 Å². The van der Waals surface area contributed by atoms with Gasteiger partial charge < -0.3 is 32.1 Å². The van der Waals surface area contributed by atoms with E-state index in [0.29, 0.717) is 16.8 Å². The van der Waals surface area contributed by atoms with Crippen LogP contribution in [0.25, 0.3) is 10.9 Å². The van der Waals surface area contributed by atoms with Crippen LogP contribution in [-0.2, 0) is 16.0 Å². The summed E-state index contributed by atoms with van der Waals surface area (Å²) in [6.45, 7) is 5.63. The van der Waals surface area contributed by atoms with E-state index < -0.39 is 47.9 Å². The van der Waals surface area contributed by atoms with Crippen LogP contribution >= 0.6 is 0 Å². The minimum atomic E-state index is -1.32. The molecule has 46 heavy (non-hydrogen) atoms. The molecular formula is C35H40N6O5. The second-order valence-corrected chi connectivity index (χ2v) is 12.1. The van der Waals surface area contributed by atoms with Crippen LogP contribution in [0.4, 0.5) is 5.69 Å². The molecule has 0 radical (unpaired) electrons. The standard InChI is InChI=1S/C35H40N6O5/c1-35(2,3)41-32(44)24-14-8-10-16-26(24)37-21-30(42)28(19-22-11-5-4-6-12-22)39-34(46)29(20-31(36)43)40-33(45)27-18-17-23-13-7-9-15-25(23)38-27/h4-18,28-30,37,42H,19-21H2,1-3H3,(H2,36,43)(H,39,46)(H,40,45)(H,41,44)/t28-,29-,30?/m0/s1. The summed E-state index contributed by atoms with van der Waals surface area (Å²) >= 11 is 0. The largest absolute Gasteiger partial charge is 0.389 e. The Kier molecular flexibility index (Phi) is 11.1. The highest BCUT2D eigenvalue weighted by molar-refractivity contribution is 6.00. The number of carbonyl (C=O) groups is 4. The molecule has 4 aromatic rings. The molecule has 11 nitrogen and oxygen atoms in total. The lowest BCUT2D eigenvalue weighted by molar-refractivity contribution is -0.128. The number of aromatic nitrogens is 1. The van der Waals surface area contributed by atoms with Gasteiger partial charge in [0.15, 0.2) is 0 Å². The average molecular weight is 625 g/mol. The van der Waals surface area contributed by atoms with Crippen LogP contribution in [0.1, 0.15) is 53.6 Å². The van der Waals surface area contributed by atoms with Crippen molar-refractivity contribution in [1.82, 2.24) is 20.9 Å². The SMILES string of the molecule is CC(C)(C)NC(=O)c1ccccc1NCC(O)[C@H](Cc1ccccc1)NC(=O)[C@H](CC(N)=O)NC(=O)c1ccc2ccccc2n1. The number of hydrogen-bond acceptors (Lipinski definition) is 7. The lowest BCUT2D eigenvalue weighted by Gasteiger charge is -2.28. The molecule has 3 atom stereocenters. The molecule has 240 valence electrons. The topological polar surface area (TPSA) is 176 Å². The number of pyridine rings is 1. The Morgan fingerprint density at radius 3 is 2.22 bits per heavy atom. The summed E-state index contributed by atoms with van der Waals surface area (Å²) in [4.78, 5) is 55.9. The first-order valence-corrected chi connectivity index (χ1v) is 15.0. The van der Waals surface area contributed by atoms with Crippen molar-refractivity contribution in [1.29, 1.82) is 0 Å². The molecule has 7 N–H and O–H groups in total. The molecule has 0 saturated carbocycles. The Morgan fingerprint density at radius 1 is 0.826 bits per heavy atom. The number of amides is 4. The third-order valence-corrected chi connectivity index (χ3v) is 7.11. The Bertz CT molecular complexity index is 1690. The fourth-order valence-electron chi connectivity index (χ4n) is 4.87. The zero-order valence-electron chi connectivity index (χ0n) is 26.1. The maximum absolute atomic E-state index is 13.6. The predicted octanol–water partition coefficient (Wildman–Crippen LogP) is 2.94. The van der Waals surface area contributed by atoms with Gasteiger partial charge in [-0.25, -0.2) is 4.98 Å². The van der Waals surface area contributed by atoms with E-state index in [0.717, 1.165) is 10.9 Å². The number of aliphatic hydroxyl groups is 1. The van der Waals surface area contributed by atoms with E-state index in [1.165, 1.54) is 6.07 Å². The first-order valence-electron chi connectivity index (χ1n) is 15.0. The van der Waals surface area contributed by atoms with E-state index in [1.54, 1.807) is 42.5 Å². The number of carbonyl (C=O) groups excluding carboxylic acids is 4. The quantitative estimate of drug-likeness (QED) is 0.133. The number of fused-ring (bicyclic) bond motifs is 1. The summed E-state index contributed by atoms with van der Waals surface area (Å²) in [6, 6.07) is 24.6. The van der Waals surface area contributed by atoms with Crippen LogP contribution in [0.3, 0.4) is 0 Å². The van der Waals surface area contributed by atoms with Crippen molar-refractivity contribution in [3.8, 4) is 0 Å². The van der Waals surface area contributed by atoms with E-state index in [2.05, 4.69) is 26.3 Å². The number of hydrogen-bond donors (Lipinski definition) is 6. The van der Waals surface area contributed by atoms with Gasteiger partial charge in [-0.1, -0.05) is 66.7 Å². The maximum Gasteiger partial charge on any atom is 0.270 e. The second-order valence-electron chi connectivity index (χ2n) is 12.1. The summed E-state index contributed by atoms with van der Waals surface area (Å²) in [7, 11) is 0. The van der Waals surface area contributed by atoms with Crippen LogP contribution < -0.4 is 27.0 Å². The number of nitrogens with zero attached hydrogens (tertiary/aromatic N) is 1. The summed E-state index contributed by atoms with van der Waals surface area (Å²) in [5.74, 6) is -2.42. The number of para-hydroxylation sites is 2. The van der Waals surface area contributed by atoms with Crippen LogP contribution in [0.5, 0.6) is 0 Å². The van der Waals surface area contributed by atoms with Crippen molar-refractivity contribution in [2.45, 2.75) is 57.3 Å². The summed E-state index contributed by atoms with van der Waals surface area (Å²) < 4.78 is 0. The van der Waals surface area contributed by atoms with E-state index in [1.807, 2.05) is 63.2 Å². The van der Waals surface area contributed by atoms with Crippen LogP contribution in [0.15, 0.2) is 91.0 Å². The first kappa shape index (κ1) is 33.6. The Balaban J connectivity index is 1.51. The highest BCUT2D eigenvalue weighted by Gasteiger charge is 2.29. The highest BCUT2D eigenvalue weighted by atomic mass is 16.3. The third kappa shape index (κ3) is 9.60. The van der Waals surface area contributed by atoms with Crippen molar-refractivity contribution < 1.29 is 24.3 Å². The van der Waals surface area contributed by atoms with Crippen LogP contribution in [-0.4, -0.2) is 64.0 Å². The first-order chi connectivity index (χ1) is 21.9. The van der Waals surface area contributed by atoms with E-state index >= 15 is 0 Å². The van der Waals surface area contributed by atoms with E-state index in [9.17, 15) is 24.3 Å². The summed E-state index contributed by atoms with van der Waals surface area (Å²) in [5.41, 5.74) is 7.42. The molecule has 11 heteroatoms. The number of benzene rings is 3. The Morgan fingerprint density at radius 2 is 1.50 bits per heavy atom. The molecular weight excluding hydrogens is 584 g/mol. The van der Waals surface area contributed by atoms with Crippen molar-refractivity contribution in [3.05, 3.63) is 108 Å². The molecule has 0 spiro atoms. The molecule has 0 bridgehead atoms. The normalized spacial score (nSPS) is 13.2. The van der Waals surface area contributed by atoms with Gasteiger partial charge in [-0.05, 0) is 57.0 Å². The van der Waals surface area contributed by atoms with Gasteiger partial charge in [-0.15, -0.1) is 0 Å². The Hall–Kier alpha value is -5.29. The van der Waals surface area contributed by atoms with E-state index in [-0.39, 0.29) is 24.6 Å². The molecule has 4 rings (SSSR count). The lowest BCUT2D eigenvalue weighted by atomic mass is 9.99. The van der Waals surface area contributed by atoms with Crippen molar-refractivity contribution >= 4 is 40.2 Å². The van der Waals surface area contributed by atoms with Gasteiger partial charge in [0.05, 0.1) is 29.6 Å². The molecule has 3 aromatic carbocycles. The monoisotopic (exact) mass is 624 g/mol. The highest BCUT2D eigenvalue weighted by Crippen LogP contribution is 2.18. The molecule has 1 aromatic heterocycles. The summed E-state index contributed by atoms with van der Waals surface area (Å²) in [5, 5.41) is 23.7. The minimum Gasteiger partial charge on any atom is -0.389 e. The lowest BCUT2D eigenvalue weighted by Crippen LogP contribution is -2.55. The number of aliphatic hydroxyl groups excluding tert-OH is 1. The fraction of sp³-hybridized carbons (Fsp3) is 0.286. The molecule has 0 aliphatic carbocycles. The maximum atomic E-state index is 13.6. The van der Waals surface area contributed by atoms with Crippen molar-refractivity contribution in [3.63, 3.8) is 0 Å².